The Labute approximate surface area is 223 Å². The van der Waals surface area contributed by atoms with E-state index in [1.807, 2.05) is 30.3 Å². The van der Waals surface area contributed by atoms with Crippen molar-refractivity contribution in [2.75, 3.05) is 16.8 Å². The SMILES string of the molecule is O=C(O)CCN(c1ccc(C(=O)Nc2c(Cl)cncc2Cl)cc1)c1ncccc1OCc1ccccc1. The lowest BCUT2D eigenvalue weighted by Gasteiger charge is -2.25. The average molecular weight is 537 g/mol. The first-order valence-electron chi connectivity index (χ1n) is 11.2. The molecular weight excluding hydrogens is 515 g/mol. The smallest absolute Gasteiger partial charge is 0.305 e. The van der Waals surface area contributed by atoms with Gasteiger partial charge in [0, 0.05) is 36.4 Å². The standard InChI is InChI=1S/C27H22Cl2N4O4/c28-21-15-30-16-22(29)25(21)32-27(36)19-8-10-20(11-9-19)33(14-12-24(34)35)26-23(7-4-13-31-26)37-17-18-5-2-1-3-6-18/h1-11,13,15-16H,12,14,17H2,(H,34,35)(H,30,32,36). The first-order chi connectivity index (χ1) is 17.9. The van der Waals surface area contributed by atoms with E-state index in [0.29, 0.717) is 29.4 Å². The number of halogens is 2. The molecule has 0 spiro atoms. The number of nitrogens with zero attached hydrogens (tertiary/aromatic N) is 3. The van der Waals surface area contributed by atoms with Gasteiger partial charge in [0.1, 0.15) is 6.61 Å². The molecule has 0 saturated heterocycles. The fraction of sp³-hybridized carbons (Fsp3) is 0.111. The Morgan fingerprint density at radius 1 is 0.946 bits per heavy atom. The Bertz CT molecular complexity index is 1360. The van der Waals surface area contributed by atoms with E-state index in [-0.39, 0.29) is 28.7 Å². The normalized spacial score (nSPS) is 10.5. The second-order valence-corrected chi connectivity index (χ2v) is 8.69. The number of benzene rings is 2. The number of anilines is 3. The number of hydrogen-bond donors (Lipinski definition) is 2. The van der Waals surface area contributed by atoms with Crippen LogP contribution in [0.25, 0.3) is 0 Å². The Kier molecular flexibility index (Phi) is 8.56. The monoisotopic (exact) mass is 536 g/mol. The van der Waals surface area contributed by atoms with Gasteiger partial charge in [-0.1, -0.05) is 53.5 Å². The third-order valence-corrected chi connectivity index (χ3v) is 5.90. The molecule has 188 valence electrons. The molecule has 0 atom stereocenters. The van der Waals surface area contributed by atoms with Crippen LogP contribution >= 0.6 is 23.2 Å². The molecule has 0 aliphatic heterocycles. The highest BCUT2D eigenvalue weighted by Gasteiger charge is 2.19. The van der Waals surface area contributed by atoms with Gasteiger partial charge < -0.3 is 20.1 Å². The highest BCUT2D eigenvalue weighted by molar-refractivity contribution is 6.39. The van der Waals surface area contributed by atoms with Crippen molar-refractivity contribution in [3.8, 4) is 5.75 Å². The lowest BCUT2D eigenvalue weighted by Crippen LogP contribution is -2.23. The molecule has 0 unspecified atom stereocenters. The molecule has 0 saturated carbocycles. The fourth-order valence-corrected chi connectivity index (χ4v) is 3.97. The summed E-state index contributed by atoms with van der Waals surface area (Å²) in [7, 11) is 0. The van der Waals surface area contributed by atoms with Crippen LogP contribution in [0.4, 0.5) is 17.2 Å². The summed E-state index contributed by atoms with van der Waals surface area (Å²) in [4.78, 5) is 34.3. The van der Waals surface area contributed by atoms with Crippen LogP contribution < -0.4 is 15.0 Å². The first kappa shape index (κ1) is 25.9. The zero-order chi connectivity index (χ0) is 26.2. The Hall–Kier alpha value is -4.14. The first-order valence-corrected chi connectivity index (χ1v) is 12.0. The lowest BCUT2D eigenvalue weighted by atomic mass is 10.1. The summed E-state index contributed by atoms with van der Waals surface area (Å²) in [5, 5.41) is 12.4. The number of pyridine rings is 2. The number of hydrogen-bond acceptors (Lipinski definition) is 6. The van der Waals surface area contributed by atoms with Crippen molar-refractivity contribution >= 4 is 52.3 Å². The van der Waals surface area contributed by atoms with Gasteiger partial charge in [0.05, 0.1) is 22.2 Å². The van der Waals surface area contributed by atoms with Crippen LogP contribution in [0.5, 0.6) is 5.75 Å². The van der Waals surface area contributed by atoms with Gasteiger partial charge >= 0.3 is 5.97 Å². The molecule has 0 radical (unpaired) electrons. The zero-order valence-corrected chi connectivity index (χ0v) is 21.0. The number of carbonyl (C=O) groups excluding carboxylic acids is 1. The van der Waals surface area contributed by atoms with E-state index in [2.05, 4.69) is 15.3 Å². The van der Waals surface area contributed by atoms with Crippen molar-refractivity contribution in [3.05, 3.63) is 106 Å². The molecule has 1 amide bonds. The molecule has 4 aromatic rings. The summed E-state index contributed by atoms with van der Waals surface area (Å²) < 4.78 is 6.04. The second-order valence-electron chi connectivity index (χ2n) is 7.87. The van der Waals surface area contributed by atoms with Gasteiger partial charge in [-0.3, -0.25) is 14.6 Å². The van der Waals surface area contributed by atoms with E-state index in [1.54, 1.807) is 47.5 Å². The van der Waals surface area contributed by atoms with Crippen molar-refractivity contribution in [2.45, 2.75) is 13.0 Å². The van der Waals surface area contributed by atoms with Crippen LogP contribution in [0.2, 0.25) is 10.0 Å². The lowest BCUT2D eigenvalue weighted by molar-refractivity contribution is -0.136. The number of nitrogens with one attached hydrogen (secondary N) is 1. The van der Waals surface area contributed by atoms with E-state index < -0.39 is 11.9 Å². The second kappa shape index (κ2) is 12.2. The van der Waals surface area contributed by atoms with E-state index in [1.165, 1.54) is 12.4 Å². The number of carboxylic acid groups (broad SMARTS) is 1. The summed E-state index contributed by atoms with van der Waals surface area (Å²) in [5.74, 6) is -0.397. The number of ether oxygens (including phenoxy) is 1. The molecule has 2 aromatic heterocycles. The predicted molar refractivity (Wildman–Crippen MR) is 143 cm³/mol. The van der Waals surface area contributed by atoms with Gasteiger partial charge in [0.15, 0.2) is 11.6 Å². The molecule has 0 fully saturated rings. The van der Waals surface area contributed by atoms with E-state index in [4.69, 9.17) is 27.9 Å². The summed E-state index contributed by atoms with van der Waals surface area (Å²) in [6, 6.07) is 19.9. The number of carboxylic acids is 1. The van der Waals surface area contributed by atoms with E-state index in [9.17, 15) is 14.7 Å². The minimum absolute atomic E-state index is 0.129. The maximum atomic E-state index is 12.8. The van der Waals surface area contributed by atoms with Crippen LogP contribution in [-0.2, 0) is 11.4 Å². The fourth-order valence-electron chi connectivity index (χ4n) is 3.51. The summed E-state index contributed by atoms with van der Waals surface area (Å²) in [6.45, 7) is 0.466. The minimum atomic E-state index is -0.949. The number of rotatable bonds is 10. The topological polar surface area (TPSA) is 105 Å². The zero-order valence-electron chi connectivity index (χ0n) is 19.5. The number of amides is 1. The quantitative estimate of drug-likeness (QED) is 0.247. The molecule has 2 N–H and O–H groups in total. The largest absolute Gasteiger partial charge is 0.485 e. The summed E-state index contributed by atoms with van der Waals surface area (Å²) in [6.07, 6.45) is 4.26. The molecular formula is C27H22Cl2N4O4. The minimum Gasteiger partial charge on any atom is -0.485 e. The maximum absolute atomic E-state index is 12.8. The van der Waals surface area contributed by atoms with Crippen LogP contribution in [0.3, 0.4) is 0 Å². The average Bonchev–Trinajstić information content (AvgIpc) is 2.91. The van der Waals surface area contributed by atoms with Gasteiger partial charge in [-0.2, -0.15) is 0 Å². The highest BCUT2D eigenvalue weighted by Crippen LogP contribution is 2.33. The Balaban J connectivity index is 1.58. The molecule has 0 aliphatic rings. The molecule has 0 bridgehead atoms. The maximum Gasteiger partial charge on any atom is 0.305 e. The van der Waals surface area contributed by atoms with Gasteiger partial charge in [0.25, 0.3) is 5.91 Å². The Morgan fingerprint density at radius 3 is 2.32 bits per heavy atom. The Morgan fingerprint density at radius 2 is 1.65 bits per heavy atom. The van der Waals surface area contributed by atoms with Crippen LogP contribution in [0, 0.1) is 0 Å². The third-order valence-electron chi connectivity index (χ3n) is 5.33. The van der Waals surface area contributed by atoms with Crippen LogP contribution in [0.1, 0.15) is 22.3 Å². The van der Waals surface area contributed by atoms with Crippen LogP contribution in [0.15, 0.2) is 85.3 Å². The molecule has 8 nitrogen and oxygen atoms in total. The number of carbonyl (C=O) groups is 2. The molecule has 2 heterocycles. The highest BCUT2D eigenvalue weighted by atomic mass is 35.5. The van der Waals surface area contributed by atoms with Crippen molar-refractivity contribution in [1.82, 2.24) is 9.97 Å². The van der Waals surface area contributed by atoms with Gasteiger partial charge in [-0.05, 0) is 42.0 Å². The number of aromatic nitrogens is 2. The molecule has 2 aromatic carbocycles. The molecule has 37 heavy (non-hydrogen) atoms. The van der Waals surface area contributed by atoms with E-state index in [0.717, 1.165) is 5.56 Å². The van der Waals surface area contributed by atoms with Crippen molar-refractivity contribution < 1.29 is 19.4 Å². The summed E-state index contributed by atoms with van der Waals surface area (Å²) in [5.41, 5.74) is 2.25. The van der Waals surface area contributed by atoms with Gasteiger partial charge in [0.2, 0.25) is 0 Å². The van der Waals surface area contributed by atoms with Gasteiger partial charge in [-0.25, -0.2) is 4.98 Å². The van der Waals surface area contributed by atoms with Crippen molar-refractivity contribution in [2.24, 2.45) is 0 Å². The van der Waals surface area contributed by atoms with E-state index >= 15 is 0 Å². The third kappa shape index (κ3) is 6.75. The van der Waals surface area contributed by atoms with Gasteiger partial charge in [-0.15, -0.1) is 0 Å². The molecule has 10 heteroatoms. The predicted octanol–water partition coefficient (Wildman–Crippen LogP) is 6.23. The summed E-state index contributed by atoms with van der Waals surface area (Å²) >= 11 is 12.2. The van der Waals surface area contributed by atoms with Crippen molar-refractivity contribution in [1.29, 1.82) is 0 Å². The molecule has 0 aliphatic carbocycles. The molecule has 4 rings (SSSR count). The van der Waals surface area contributed by atoms with Crippen LogP contribution in [-0.4, -0.2) is 33.5 Å². The number of aliphatic carboxylic acids is 1. The van der Waals surface area contributed by atoms with Crippen molar-refractivity contribution in [3.63, 3.8) is 0 Å².